The van der Waals surface area contributed by atoms with Gasteiger partial charge in [0.1, 0.15) is 0 Å². The summed E-state index contributed by atoms with van der Waals surface area (Å²) in [4.78, 5) is 14.0. The molecule has 0 radical (unpaired) electrons. The molecular weight excluding hydrogens is 192 g/mol. The van der Waals surface area contributed by atoms with Crippen molar-refractivity contribution < 1.29 is 9.90 Å². The van der Waals surface area contributed by atoms with E-state index >= 15 is 0 Å². The van der Waals surface area contributed by atoms with E-state index in [0.717, 1.165) is 25.9 Å². The third-order valence-corrected chi connectivity index (χ3v) is 3.72. The topological polar surface area (TPSA) is 52.6 Å². The Labute approximate surface area is 90.6 Å². The lowest BCUT2D eigenvalue weighted by molar-refractivity contribution is -0.162. The van der Waals surface area contributed by atoms with E-state index in [1.54, 1.807) is 11.8 Å². The average molecular weight is 212 g/mol. The van der Waals surface area contributed by atoms with Crippen molar-refractivity contribution in [1.29, 1.82) is 0 Å². The molecule has 2 N–H and O–H groups in total. The zero-order chi connectivity index (χ0) is 11.1. The van der Waals surface area contributed by atoms with Gasteiger partial charge in [-0.05, 0) is 26.3 Å². The lowest BCUT2D eigenvalue weighted by atomic mass is 9.80. The average Bonchev–Trinajstić information content (AvgIpc) is 2.62. The second kappa shape index (κ2) is 3.46. The van der Waals surface area contributed by atoms with E-state index in [-0.39, 0.29) is 11.3 Å². The summed E-state index contributed by atoms with van der Waals surface area (Å²) in [5.41, 5.74) is -0.854. The maximum Gasteiger partial charge on any atom is 0.230 e. The van der Waals surface area contributed by atoms with Crippen molar-refractivity contribution in [2.24, 2.45) is 5.41 Å². The molecule has 0 spiro atoms. The number of carbonyl (C=O) groups is 1. The monoisotopic (exact) mass is 212 g/mol. The van der Waals surface area contributed by atoms with Gasteiger partial charge in [-0.1, -0.05) is 6.92 Å². The summed E-state index contributed by atoms with van der Waals surface area (Å²) in [6.07, 6.45) is 1.82. The fourth-order valence-electron chi connectivity index (χ4n) is 2.63. The number of amides is 1. The number of hydrogen-bond donors (Lipinski definition) is 2. The first-order valence-corrected chi connectivity index (χ1v) is 5.72. The summed E-state index contributed by atoms with van der Waals surface area (Å²) in [5.74, 6) is 0.224. The minimum absolute atomic E-state index is 0.198. The summed E-state index contributed by atoms with van der Waals surface area (Å²) >= 11 is 0. The third-order valence-electron chi connectivity index (χ3n) is 3.72. The molecule has 2 fully saturated rings. The van der Waals surface area contributed by atoms with Gasteiger partial charge < -0.3 is 15.3 Å². The van der Waals surface area contributed by atoms with Crippen molar-refractivity contribution in [2.75, 3.05) is 26.2 Å². The summed E-state index contributed by atoms with van der Waals surface area (Å²) in [7, 11) is 0. The number of likely N-dealkylation sites (tertiary alicyclic amines) is 1. The van der Waals surface area contributed by atoms with Crippen LogP contribution in [0.3, 0.4) is 0 Å². The molecule has 0 aromatic heterocycles. The van der Waals surface area contributed by atoms with Crippen molar-refractivity contribution in [3.8, 4) is 0 Å². The highest BCUT2D eigenvalue weighted by Crippen LogP contribution is 2.34. The Balaban J connectivity index is 2.01. The number of aliphatic hydroxyl groups is 1. The number of nitrogens with zero attached hydrogens (tertiary/aromatic N) is 1. The van der Waals surface area contributed by atoms with Crippen molar-refractivity contribution in [3.63, 3.8) is 0 Å². The van der Waals surface area contributed by atoms with Crippen LogP contribution in [0, 0.1) is 5.41 Å². The van der Waals surface area contributed by atoms with Crippen LogP contribution in [0.4, 0.5) is 0 Å². The van der Waals surface area contributed by atoms with Crippen LogP contribution in [0.25, 0.3) is 0 Å². The molecular formula is C11H20N2O2. The Morgan fingerprint density at radius 3 is 2.60 bits per heavy atom. The lowest BCUT2D eigenvalue weighted by Crippen LogP contribution is -2.64. The fraction of sp³-hybridized carbons (Fsp3) is 0.909. The van der Waals surface area contributed by atoms with Gasteiger partial charge in [0.25, 0.3) is 0 Å². The Kier molecular flexibility index (Phi) is 2.51. The second-order valence-electron chi connectivity index (χ2n) is 5.22. The van der Waals surface area contributed by atoms with Crippen molar-refractivity contribution >= 4 is 5.91 Å². The van der Waals surface area contributed by atoms with Crippen LogP contribution in [0.1, 0.15) is 26.7 Å². The minimum atomic E-state index is -0.656. The highest BCUT2D eigenvalue weighted by molar-refractivity contribution is 5.84. The molecule has 2 rings (SSSR count). The summed E-state index contributed by atoms with van der Waals surface area (Å²) < 4.78 is 0. The van der Waals surface area contributed by atoms with Crippen LogP contribution in [0.5, 0.6) is 0 Å². The molecule has 1 amide bonds. The summed E-state index contributed by atoms with van der Waals surface area (Å²) in [6, 6.07) is 0. The molecule has 0 aliphatic carbocycles. The largest absolute Gasteiger partial charge is 0.386 e. The fourth-order valence-corrected chi connectivity index (χ4v) is 2.63. The van der Waals surface area contributed by atoms with Gasteiger partial charge in [0.15, 0.2) is 0 Å². The van der Waals surface area contributed by atoms with Crippen molar-refractivity contribution in [1.82, 2.24) is 10.2 Å². The molecule has 1 unspecified atom stereocenters. The first kappa shape index (κ1) is 10.9. The van der Waals surface area contributed by atoms with E-state index in [9.17, 15) is 9.90 Å². The molecule has 0 saturated carbocycles. The SMILES string of the molecule is CCC1(C(=O)N2CC(C)(O)C2)CCNC1. The number of nitrogens with one attached hydrogen (secondary N) is 1. The van der Waals surface area contributed by atoms with E-state index in [1.165, 1.54) is 0 Å². The first-order valence-electron chi connectivity index (χ1n) is 5.72. The van der Waals surface area contributed by atoms with E-state index < -0.39 is 5.60 Å². The predicted molar refractivity (Wildman–Crippen MR) is 57.4 cm³/mol. The van der Waals surface area contributed by atoms with Crippen LogP contribution in [-0.2, 0) is 4.79 Å². The molecule has 2 heterocycles. The molecule has 4 nitrogen and oxygen atoms in total. The quantitative estimate of drug-likeness (QED) is 0.676. The van der Waals surface area contributed by atoms with Crippen LogP contribution in [0.15, 0.2) is 0 Å². The molecule has 1 atom stereocenters. The van der Waals surface area contributed by atoms with E-state index in [4.69, 9.17) is 0 Å². The maximum atomic E-state index is 12.2. The van der Waals surface area contributed by atoms with Gasteiger partial charge in [-0.25, -0.2) is 0 Å². The molecule has 0 aromatic carbocycles. The van der Waals surface area contributed by atoms with Gasteiger partial charge >= 0.3 is 0 Å². The van der Waals surface area contributed by atoms with E-state index in [2.05, 4.69) is 12.2 Å². The highest BCUT2D eigenvalue weighted by Gasteiger charge is 2.48. The molecule has 2 aliphatic rings. The van der Waals surface area contributed by atoms with Gasteiger partial charge in [-0.15, -0.1) is 0 Å². The van der Waals surface area contributed by atoms with Gasteiger partial charge in [0, 0.05) is 6.54 Å². The molecule has 2 saturated heterocycles. The molecule has 0 aromatic rings. The smallest absolute Gasteiger partial charge is 0.230 e. The zero-order valence-corrected chi connectivity index (χ0v) is 9.55. The number of carbonyl (C=O) groups excluding carboxylic acids is 1. The maximum absolute atomic E-state index is 12.2. The molecule has 0 bridgehead atoms. The Hall–Kier alpha value is -0.610. The van der Waals surface area contributed by atoms with Crippen LogP contribution >= 0.6 is 0 Å². The normalized spacial score (nSPS) is 33.9. The third kappa shape index (κ3) is 1.76. The number of rotatable bonds is 2. The standard InChI is InChI=1S/C11H20N2O2/c1-3-11(4-5-12-6-11)9(14)13-7-10(2,15)8-13/h12,15H,3-8H2,1-2H3. The first-order chi connectivity index (χ1) is 6.99. The zero-order valence-electron chi connectivity index (χ0n) is 9.55. The number of β-amino-alcohol motifs (C(OH)–C–C–N with tert-alkyl or cyclic N) is 1. The molecule has 4 heteroatoms. The lowest BCUT2D eigenvalue weighted by Gasteiger charge is -2.47. The number of hydrogen-bond acceptors (Lipinski definition) is 3. The van der Waals surface area contributed by atoms with Gasteiger partial charge in [0.05, 0.1) is 24.1 Å². The molecule has 86 valence electrons. The van der Waals surface area contributed by atoms with Gasteiger partial charge in [-0.2, -0.15) is 0 Å². The van der Waals surface area contributed by atoms with Crippen LogP contribution in [0.2, 0.25) is 0 Å². The highest BCUT2D eigenvalue weighted by atomic mass is 16.3. The van der Waals surface area contributed by atoms with Crippen molar-refractivity contribution in [2.45, 2.75) is 32.3 Å². The van der Waals surface area contributed by atoms with E-state index in [1.807, 2.05) is 0 Å². The Bertz CT molecular complexity index is 262. The Morgan fingerprint density at radius 1 is 1.53 bits per heavy atom. The molecule has 15 heavy (non-hydrogen) atoms. The summed E-state index contributed by atoms with van der Waals surface area (Å²) in [6.45, 7) is 6.57. The molecule has 2 aliphatic heterocycles. The van der Waals surface area contributed by atoms with Crippen LogP contribution in [-0.4, -0.2) is 47.7 Å². The summed E-state index contributed by atoms with van der Waals surface area (Å²) in [5, 5.41) is 12.9. The minimum Gasteiger partial charge on any atom is -0.386 e. The van der Waals surface area contributed by atoms with Gasteiger partial charge in [-0.3, -0.25) is 4.79 Å². The Morgan fingerprint density at radius 2 is 2.20 bits per heavy atom. The predicted octanol–water partition coefficient (Wildman–Crippen LogP) is -0.0307. The van der Waals surface area contributed by atoms with E-state index in [0.29, 0.717) is 13.1 Å². The second-order valence-corrected chi connectivity index (χ2v) is 5.22. The van der Waals surface area contributed by atoms with Crippen LogP contribution < -0.4 is 5.32 Å². The van der Waals surface area contributed by atoms with Gasteiger partial charge in [0.2, 0.25) is 5.91 Å². The van der Waals surface area contributed by atoms with Crippen molar-refractivity contribution in [3.05, 3.63) is 0 Å².